The number of para-hydroxylation sites is 2. The van der Waals surface area contributed by atoms with Crippen LogP contribution in [0.4, 0.5) is 5.69 Å². The van der Waals surface area contributed by atoms with E-state index in [4.69, 9.17) is 18.9 Å². The van der Waals surface area contributed by atoms with E-state index in [-0.39, 0.29) is 6.61 Å². The van der Waals surface area contributed by atoms with E-state index in [0.717, 1.165) is 0 Å². The zero-order valence-corrected chi connectivity index (χ0v) is 13.6. The highest BCUT2D eigenvalue weighted by atomic mass is 16.6. The SMILES string of the molecule is COc1cccc(NC(=O)COC(=O)[C@@H]2COc3ccccc3O2)c1. The molecule has 2 aromatic carbocycles. The van der Waals surface area contributed by atoms with E-state index in [0.29, 0.717) is 22.9 Å². The maximum absolute atomic E-state index is 12.0. The Morgan fingerprint density at radius 2 is 1.96 bits per heavy atom. The Labute approximate surface area is 144 Å². The van der Waals surface area contributed by atoms with E-state index < -0.39 is 24.6 Å². The summed E-state index contributed by atoms with van der Waals surface area (Å²) < 4.78 is 21.0. The number of amides is 1. The van der Waals surface area contributed by atoms with Gasteiger partial charge in [0.1, 0.15) is 12.4 Å². The number of esters is 1. The van der Waals surface area contributed by atoms with E-state index in [1.54, 1.807) is 42.5 Å². The number of nitrogens with one attached hydrogen (secondary N) is 1. The van der Waals surface area contributed by atoms with Gasteiger partial charge in [-0.3, -0.25) is 4.79 Å². The lowest BCUT2D eigenvalue weighted by Gasteiger charge is -2.24. The van der Waals surface area contributed by atoms with Crippen LogP contribution in [0, 0.1) is 0 Å². The molecule has 25 heavy (non-hydrogen) atoms. The number of hydrogen-bond donors (Lipinski definition) is 1. The fraction of sp³-hybridized carbons (Fsp3) is 0.222. The molecule has 0 unspecified atom stereocenters. The summed E-state index contributed by atoms with van der Waals surface area (Å²) >= 11 is 0. The van der Waals surface area contributed by atoms with Crippen LogP contribution in [0.1, 0.15) is 0 Å². The molecule has 1 aliphatic heterocycles. The number of carbonyl (C=O) groups excluding carboxylic acids is 2. The highest BCUT2D eigenvalue weighted by molar-refractivity contribution is 5.93. The van der Waals surface area contributed by atoms with Crippen molar-refractivity contribution in [2.45, 2.75) is 6.10 Å². The summed E-state index contributed by atoms with van der Waals surface area (Å²) in [7, 11) is 1.53. The molecule has 0 fully saturated rings. The molecule has 3 rings (SSSR count). The highest BCUT2D eigenvalue weighted by Crippen LogP contribution is 2.31. The highest BCUT2D eigenvalue weighted by Gasteiger charge is 2.29. The van der Waals surface area contributed by atoms with Gasteiger partial charge in [0.05, 0.1) is 7.11 Å². The molecule has 1 aliphatic rings. The molecule has 1 amide bonds. The lowest BCUT2D eigenvalue weighted by Crippen LogP contribution is -2.39. The standard InChI is InChI=1S/C18H17NO6/c1-22-13-6-4-5-12(9-13)19-17(20)11-24-18(21)16-10-23-14-7-2-3-8-15(14)25-16/h2-9,16H,10-11H2,1H3,(H,19,20)/t16-/m0/s1. The lowest BCUT2D eigenvalue weighted by molar-refractivity contribution is -0.156. The van der Waals surface area contributed by atoms with Gasteiger partial charge in [-0.1, -0.05) is 18.2 Å². The van der Waals surface area contributed by atoms with E-state index in [1.165, 1.54) is 7.11 Å². The van der Waals surface area contributed by atoms with E-state index in [2.05, 4.69) is 5.32 Å². The van der Waals surface area contributed by atoms with Gasteiger partial charge in [-0.05, 0) is 24.3 Å². The summed E-state index contributed by atoms with van der Waals surface area (Å²) in [6.45, 7) is -0.384. The Kier molecular flexibility index (Phi) is 5.03. The Hall–Kier alpha value is -3.22. The number of carbonyl (C=O) groups is 2. The van der Waals surface area contributed by atoms with Crippen molar-refractivity contribution < 1.29 is 28.5 Å². The molecule has 0 radical (unpaired) electrons. The molecule has 0 aromatic heterocycles. The number of fused-ring (bicyclic) bond motifs is 1. The minimum atomic E-state index is -0.903. The Morgan fingerprint density at radius 3 is 2.76 bits per heavy atom. The first-order valence-electron chi connectivity index (χ1n) is 7.65. The predicted octanol–water partition coefficient (Wildman–Crippen LogP) is 2.02. The molecule has 1 heterocycles. The summed E-state index contributed by atoms with van der Waals surface area (Å²) in [5.41, 5.74) is 0.548. The van der Waals surface area contributed by atoms with Crippen molar-refractivity contribution in [3.05, 3.63) is 48.5 Å². The molecule has 7 nitrogen and oxygen atoms in total. The number of rotatable bonds is 5. The second-order valence-corrected chi connectivity index (χ2v) is 5.25. The molecule has 0 spiro atoms. The Bertz CT molecular complexity index is 776. The van der Waals surface area contributed by atoms with Crippen LogP contribution in [0.3, 0.4) is 0 Å². The van der Waals surface area contributed by atoms with Crippen LogP contribution >= 0.6 is 0 Å². The topological polar surface area (TPSA) is 83.1 Å². The molecular weight excluding hydrogens is 326 g/mol. The fourth-order valence-corrected chi connectivity index (χ4v) is 2.26. The van der Waals surface area contributed by atoms with Gasteiger partial charge in [-0.25, -0.2) is 4.79 Å². The van der Waals surface area contributed by atoms with Crippen molar-refractivity contribution in [3.8, 4) is 17.2 Å². The van der Waals surface area contributed by atoms with E-state index >= 15 is 0 Å². The van der Waals surface area contributed by atoms with Gasteiger partial charge in [0, 0.05) is 11.8 Å². The first-order chi connectivity index (χ1) is 12.2. The van der Waals surface area contributed by atoms with Gasteiger partial charge in [0.25, 0.3) is 5.91 Å². The summed E-state index contributed by atoms with van der Waals surface area (Å²) in [6.07, 6.45) is -0.903. The van der Waals surface area contributed by atoms with Crippen molar-refractivity contribution in [1.82, 2.24) is 0 Å². The number of benzene rings is 2. The molecule has 1 N–H and O–H groups in total. The number of anilines is 1. The maximum Gasteiger partial charge on any atom is 0.351 e. The van der Waals surface area contributed by atoms with Gasteiger partial charge in [0.2, 0.25) is 6.10 Å². The molecule has 0 aliphatic carbocycles. The van der Waals surface area contributed by atoms with Crippen LogP contribution < -0.4 is 19.5 Å². The Balaban J connectivity index is 1.50. The lowest BCUT2D eigenvalue weighted by atomic mass is 10.2. The molecule has 0 bridgehead atoms. The van der Waals surface area contributed by atoms with Crippen molar-refractivity contribution in [1.29, 1.82) is 0 Å². The smallest absolute Gasteiger partial charge is 0.351 e. The molecule has 130 valence electrons. The van der Waals surface area contributed by atoms with Crippen LogP contribution in [0.5, 0.6) is 17.2 Å². The van der Waals surface area contributed by atoms with Crippen molar-refractivity contribution >= 4 is 17.6 Å². The normalized spacial score (nSPS) is 15.2. The molecule has 0 saturated carbocycles. The molecule has 0 saturated heterocycles. The quantitative estimate of drug-likeness (QED) is 0.836. The van der Waals surface area contributed by atoms with Gasteiger partial charge in [0.15, 0.2) is 18.1 Å². The van der Waals surface area contributed by atoms with Crippen LogP contribution in [-0.2, 0) is 14.3 Å². The zero-order valence-electron chi connectivity index (χ0n) is 13.6. The molecule has 2 aromatic rings. The molecular formula is C18H17NO6. The average molecular weight is 343 g/mol. The minimum absolute atomic E-state index is 0.0351. The van der Waals surface area contributed by atoms with Gasteiger partial charge < -0.3 is 24.3 Å². The van der Waals surface area contributed by atoms with Crippen LogP contribution in [0.15, 0.2) is 48.5 Å². The average Bonchev–Trinajstić information content (AvgIpc) is 2.65. The van der Waals surface area contributed by atoms with E-state index in [9.17, 15) is 9.59 Å². The van der Waals surface area contributed by atoms with Crippen molar-refractivity contribution in [3.63, 3.8) is 0 Å². The summed E-state index contributed by atoms with van der Waals surface area (Å²) in [5, 5.41) is 2.62. The largest absolute Gasteiger partial charge is 0.497 e. The summed E-state index contributed by atoms with van der Waals surface area (Å²) in [6, 6.07) is 13.9. The van der Waals surface area contributed by atoms with E-state index in [1.807, 2.05) is 6.07 Å². The van der Waals surface area contributed by atoms with Crippen LogP contribution in [-0.4, -0.2) is 38.3 Å². The molecule has 7 heteroatoms. The van der Waals surface area contributed by atoms with Gasteiger partial charge in [-0.2, -0.15) is 0 Å². The number of ether oxygens (including phenoxy) is 4. The second kappa shape index (κ2) is 7.57. The summed E-state index contributed by atoms with van der Waals surface area (Å²) in [5.74, 6) is 0.536. The van der Waals surface area contributed by atoms with Crippen LogP contribution in [0.2, 0.25) is 0 Å². The predicted molar refractivity (Wildman–Crippen MR) is 88.9 cm³/mol. The summed E-state index contributed by atoms with van der Waals surface area (Å²) in [4.78, 5) is 23.9. The number of hydrogen-bond acceptors (Lipinski definition) is 6. The van der Waals surface area contributed by atoms with Crippen molar-refractivity contribution in [2.24, 2.45) is 0 Å². The fourth-order valence-electron chi connectivity index (χ4n) is 2.26. The third-order valence-corrected chi connectivity index (χ3v) is 3.47. The first-order valence-corrected chi connectivity index (χ1v) is 7.65. The Morgan fingerprint density at radius 1 is 1.16 bits per heavy atom. The minimum Gasteiger partial charge on any atom is -0.497 e. The maximum atomic E-state index is 12.0. The van der Waals surface area contributed by atoms with Gasteiger partial charge in [-0.15, -0.1) is 0 Å². The van der Waals surface area contributed by atoms with Crippen molar-refractivity contribution in [2.75, 3.05) is 25.6 Å². The molecule has 1 atom stereocenters. The zero-order chi connectivity index (χ0) is 17.6. The second-order valence-electron chi connectivity index (χ2n) is 5.25. The first kappa shape index (κ1) is 16.6. The monoisotopic (exact) mass is 343 g/mol. The third kappa shape index (κ3) is 4.20. The third-order valence-electron chi connectivity index (χ3n) is 3.47. The number of methoxy groups -OCH3 is 1. The van der Waals surface area contributed by atoms with Gasteiger partial charge >= 0.3 is 5.97 Å². The van der Waals surface area contributed by atoms with Crippen LogP contribution in [0.25, 0.3) is 0 Å².